The Labute approximate surface area is 165 Å². The number of hydrogen-bond acceptors (Lipinski definition) is 4. The van der Waals surface area contributed by atoms with Crippen LogP contribution in [-0.2, 0) is 16.2 Å². The van der Waals surface area contributed by atoms with Gasteiger partial charge >= 0.3 is 5.97 Å². The Morgan fingerprint density at radius 2 is 1.86 bits per heavy atom. The normalized spacial score (nSPS) is 16.5. The zero-order valence-electron chi connectivity index (χ0n) is 15.6. The second-order valence-electron chi connectivity index (χ2n) is 6.72. The van der Waals surface area contributed by atoms with Crippen LogP contribution in [-0.4, -0.2) is 28.0 Å². The van der Waals surface area contributed by atoms with Gasteiger partial charge in [0.2, 0.25) is 11.8 Å². The van der Waals surface area contributed by atoms with Crippen LogP contribution in [0, 0.1) is 12.7 Å². The highest BCUT2D eigenvalue weighted by Gasteiger charge is 2.34. The Morgan fingerprint density at radius 1 is 1.21 bits per heavy atom. The van der Waals surface area contributed by atoms with Crippen molar-refractivity contribution >= 4 is 23.5 Å². The van der Waals surface area contributed by atoms with E-state index in [1.165, 1.54) is 42.6 Å². The Hall–Kier alpha value is -3.52. The first-order valence-electron chi connectivity index (χ1n) is 8.80. The smallest absolute Gasteiger partial charge is 0.333 e. The summed E-state index contributed by atoms with van der Waals surface area (Å²) in [7, 11) is 0. The summed E-state index contributed by atoms with van der Waals surface area (Å²) < 4.78 is 13.2. The van der Waals surface area contributed by atoms with Crippen molar-refractivity contribution in [3.8, 4) is 0 Å². The highest BCUT2D eigenvalue weighted by Crippen LogP contribution is 2.37. The van der Waals surface area contributed by atoms with E-state index in [4.69, 9.17) is 5.73 Å². The average Bonchev–Trinajstić information content (AvgIpc) is 2.67. The molecule has 0 saturated heterocycles. The number of carboxylic acids is 1. The van der Waals surface area contributed by atoms with Crippen LogP contribution >= 0.6 is 0 Å². The van der Waals surface area contributed by atoms with Gasteiger partial charge in [-0.3, -0.25) is 14.5 Å². The van der Waals surface area contributed by atoms with Crippen molar-refractivity contribution in [1.82, 2.24) is 0 Å². The van der Waals surface area contributed by atoms with Crippen LogP contribution in [0.2, 0.25) is 0 Å². The summed E-state index contributed by atoms with van der Waals surface area (Å²) in [6, 6.07) is 8.20. The highest BCUT2D eigenvalue weighted by molar-refractivity contribution is 6.03. The minimum absolute atomic E-state index is 0.0447. The average molecular weight is 398 g/mol. The fraction of sp³-hybridized carbons (Fsp3) is 0.190. The predicted molar refractivity (Wildman–Crippen MR) is 103 cm³/mol. The van der Waals surface area contributed by atoms with E-state index in [1.807, 2.05) is 0 Å². The maximum absolute atomic E-state index is 13.2. The van der Waals surface area contributed by atoms with Crippen molar-refractivity contribution in [2.24, 2.45) is 5.73 Å². The third-order valence-electron chi connectivity index (χ3n) is 5.07. The van der Waals surface area contributed by atoms with Gasteiger partial charge in [-0.15, -0.1) is 0 Å². The maximum Gasteiger partial charge on any atom is 0.333 e. The molecule has 0 radical (unpaired) electrons. The summed E-state index contributed by atoms with van der Waals surface area (Å²) in [5.74, 6) is -3.48. The molecule has 0 aromatic heterocycles. The van der Waals surface area contributed by atoms with E-state index in [9.17, 15) is 29.0 Å². The number of nitrogens with two attached hydrogens (primary N) is 1. The van der Waals surface area contributed by atoms with Gasteiger partial charge in [0.15, 0.2) is 0 Å². The van der Waals surface area contributed by atoms with Gasteiger partial charge in [-0.25, -0.2) is 9.18 Å². The number of benzene rings is 2. The van der Waals surface area contributed by atoms with E-state index in [0.717, 1.165) is 4.90 Å². The molecule has 2 amide bonds. The molecule has 1 atom stereocenters. The van der Waals surface area contributed by atoms with Crippen molar-refractivity contribution in [3.05, 3.63) is 76.2 Å². The number of anilines is 1. The summed E-state index contributed by atoms with van der Waals surface area (Å²) in [6.07, 6.45) is 1.06. The number of aliphatic hydroxyl groups excluding tert-OH is 1. The number of amides is 2. The van der Waals surface area contributed by atoms with E-state index in [0.29, 0.717) is 16.7 Å². The number of aliphatic hydroxyl groups is 1. The van der Waals surface area contributed by atoms with Gasteiger partial charge < -0.3 is 15.9 Å². The lowest BCUT2D eigenvalue weighted by atomic mass is 9.85. The van der Waals surface area contributed by atoms with Gasteiger partial charge in [-0.05, 0) is 42.3 Å². The van der Waals surface area contributed by atoms with Crippen molar-refractivity contribution in [3.63, 3.8) is 0 Å². The van der Waals surface area contributed by atoms with Crippen LogP contribution < -0.4 is 10.6 Å². The lowest BCUT2D eigenvalue weighted by Gasteiger charge is -2.31. The summed E-state index contributed by atoms with van der Waals surface area (Å²) in [6.45, 7) is 1.12. The molecule has 29 heavy (non-hydrogen) atoms. The fourth-order valence-electron chi connectivity index (χ4n) is 3.52. The van der Waals surface area contributed by atoms with E-state index in [-0.39, 0.29) is 23.2 Å². The molecule has 3 rings (SSSR count). The fourth-order valence-corrected chi connectivity index (χ4v) is 3.52. The summed E-state index contributed by atoms with van der Waals surface area (Å²) >= 11 is 0. The number of nitrogens with zero attached hydrogens (tertiary/aromatic N) is 1. The molecule has 2 aromatic carbocycles. The first-order valence-corrected chi connectivity index (χ1v) is 8.80. The largest absolute Gasteiger partial charge is 0.478 e. The Balaban J connectivity index is 2.11. The molecule has 0 spiro atoms. The quantitative estimate of drug-likeness (QED) is 0.713. The number of carbonyl (C=O) groups is 3. The van der Waals surface area contributed by atoms with Crippen LogP contribution in [0.4, 0.5) is 10.1 Å². The molecule has 8 heteroatoms. The molecule has 0 bridgehead atoms. The second kappa shape index (κ2) is 7.84. The van der Waals surface area contributed by atoms with Gasteiger partial charge in [0.1, 0.15) is 5.82 Å². The summed E-state index contributed by atoms with van der Waals surface area (Å²) in [5, 5.41) is 19.5. The number of hydrogen-bond donors (Lipinski definition) is 3. The molecule has 2 aromatic rings. The topological polar surface area (TPSA) is 121 Å². The van der Waals surface area contributed by atoms with E-state index >= 15 is 0 Å². The van der Waals surface area contributed by atoms with Crippen molar-refractivity contribution in [2.75, 3.05) is 4.90 Å². The number of primary amides is 1. The Bertz CT molecular complexity index is 1030. The maximum atomic E-state index is 13.2. The minimum atomic E-state index is -1.21. The van der Waals surface area contributed by atoms with Crippen LogP contribution in [0.5, 0.6) is 0 Å². The number of aliphatic carboxylic acids is 1. The summed E-state index contributed by atoms with van der Waals surface area (Å²) in [5.41, 5.74) is 6.99. The van der Waals surface area contributed by atoms with Crippen molar-refractivity contribution < 1.29 is 29.0 Å². The van der Waals surface area contributed by atoms with Crippen LogP contribution in [0.25, 0.3) is 0 Å². The first-order chi connectivity index (χ1) is 13.7. The first kappa shape index (κ1) is 20.2. The predicted octanol–water partition coefficient (Wildman–Crippen LogP) is 2.21. The molecule has 0 saturated carbocycles. The zero-order chi connectivity index (χ0) is 21.3. The highest BCUT2D eigenvalue weighted by atomic mass is 19.1. The van der Waals surface area contributed by atoms with E-state index in [2.05, 4.69) is 0 Å². The Morgan fingerprint density at radius 3 is 2.41 bits per heavy atom. The van der Waals surface area contributed by atoms with Crippen LogP contribution in [0.3, 0.4) is 0 Å². The van der Waals surface area contributed by atoms with Crippen molar-refractivity contribution in [2.45, 2.75) is 25.9 Å². The molecule has 0 aliphatic carbocycles. The van der Waals surface area contributed by atoms with Gasteiger partial charge in [0.05, 0.1) is 17.9 Å². The molecule has 7 nitrogen and oxygen atoms in total. The molecular formula is C21H19FN2O5. The standard InChI is InChI=1S/C21H19FN2O5/c1-11-14(20(23)27)6-7-18(17(11)10-25)24-9-16(21(28)29)15(8-19(24)26)12-2-4-13(22)5-3-12/h2-7,9,15,25H,8,10H2,1H3,(H2,23,27)(H,28,29)/t15-/m0/s1. The lowest BCUT2D eigenvalue weighted by Crippen LogP contribution is -2.35. The molecule has 150 valence electrons. The second-order valence-corrected chi connectivity index (χ2v) is 6.72. The lowest BCUT2D eigenvalue weighted by molar-refractivity contribution is -0.133. The van der Waals surface area contributed by atoms with Gasteiger partial charge in [0.25, 0.3) is 0 Å². The summed E-state index contributed by atoms with van der Waals surface area (Å²) in [4.78, 5) is 37.4. The van der Waals surface area contributed by atoms with Crippen molar-refractivity contribution in [1.29, 1.82) is 0 Å². The van der Waals surface area contributed by atoms with E-state index < -0.39 is 36.1 Å². The number of carboxylic acid groups (broad SMARTS) is 1. The van der Waals surface area contributed by atoms with E-state index in [1.54, 1.807) is 6.92 Å². The number of carbonyl (C=O) groups excluding carboxylic acids is 2. The molecular weight excluding hydrogens is 379 g/mol. The molecule has 1 aliphatic heterocycles. The third-order valence-corrected chi connectivity index (χ3v) is 5.07. The molecule has 0 unspecified atom stereocenters. The molecule has 1 heterocycles. The third kappa shape index (κ3) is 3.74. The van der Waals surface area contributed by atoms with Gasteiger partial charge in [0, 0.05) is 29.7 Å². The molecule has 1 aliphatic rings. The number of rotatable bonds is 5. The van der Waals surface area contributed by atoms with Crippen LogP contribution in [0.15, 0.2) is 48.2 Å². The number of halogens is 1. The minimum Gasteiger partial charge on any atom is -0.478 e. The SMILES string of the molecule is Cc1c(C(N)=O)ccc(N2C=C(C(=O)O)[C@H](c3ccc(F)cc3)CC2=O)c1CO. The molecule has 0 fully saturated rings. The van der Waals surface area contributed by atoms with Gasteiger partial charge in [-0.1, -0.05) is 12.1 Å². The van der Waals surface area contributed by atoms with Crippen LogP contribution in [0.1, 0.15) is 39.4 Å². The van der Waals surface area contributed by atoms with Gasteiger partial charge in [-0.2, -0.15) is 0 Å². The molecule has 4 N–H and O–H groups in total. The zero-order valence-corrected chi connectivity index (χ0v) is 15.6. The monoisotopic (exact) mass is 398 g/mol. The Kier molecular flexibility index (Phi) is 5.47.